The summed E-state index contributed by atoms with van der Waals surface area (Å²) >= 11 is 0. The van der Waals surface area contributed by atoms with Crippen LogP contribution in [0, 0.1) is 52.3 Å². The van der Waals surface area contributed by atoms with Gasteiger partial charge in [0.25, 0.3) is 0 Å². The number of carboxylic acids is 1. The van der Waals surface area contributed by atoms with E-state index in [1.807, 2.05) is 6.08 Å². The normalized spacial score (nSPS) is 59.4. The Morgan fingerprint density at radius 2 is 2.11 bits per heavy atom. The van der Waals surface area contributed by atoms with Crippen LogP contribution in [0.25, 0.3) is 0 Å². The Morgan fingerprint density at radius 3 is 2.86 bits per heavy atom. The molecule has 4 unspecified atom stereocenters. The first-order valence-corrected chi connectivity index (χ1v) is 11.5. The van der Waals surface area contributed by atoms with Crippen molar-refractivity contribution in [3.05, 3.63) is 11.6 Å². The van der Waals surface area contributed by atoms with Crippen LogP contribution in [-0.4, -0.2) is 29.1 Å². The first-order chi connectivity index (χ1) is 13.4. The third-order valence-electron chi connectivity index (χ3n) is 10.9. The van der Waals surface area contributed by atoms with Crippen LogP contribution >= 0.6 is 0 Å². The molecule has 1 saturated heterocycles. The third-order valence-corrected chi connectivity index (χ3v) is 10.9. The number of carbonyl (C=O) groups is 2. The number of carbonyl (C=O) groups excluding carboxylic acids is 1. The lowest BCUT2D eigenvalue weighted by molar-refractivity contribution is -0.306. The van der Waals surface area contributed by atoms with Crippen LogP contribution in [0.15, 0.2) is 11.6 Å². The summed E-state index contributed by atoms with van der Waals surface area (Å²) in [5.41, 5.74) is 1.90. The van der Waals surface area contributed by atoms with Crippen LogP contribution in [0.3, 0.4) is 0 Å². The van der Waals surface area contributed by atoms with E-state index >= 15 is 0 Å². The SMILES string of the molecule is C[C@]12CCC(=O)C=C1C1C[C@@H]1C1C3[C@@H]4C[C@@H]4[C@]4(CCC(=O)O)OC[C@]34CCC12. The predicted molar refractivity (Wildman–Crippen MR) is 101 cm³/mol. The van der Waals surface area contributed by atoms with E-state index in [-0.39, 0.29) is 22.9 Å². The highest BCUT2D eigenvalue weighted by atomic mass is 16.5. The molecule has 0 aromatic heterocycles. The molecule has 6 aliphatic carbocycles. The molecule has 0 amide bonds. The summed E-state index contributed by atoms with van der Waals surface area (Å²) in [5.74, 6) is 4.81. The van der Waals surface area contributed by atoms with E-state index in [1.165, 1.54) is 31.3 Å². The Balaban J connectivity index is 1.28. The minimum atomic E-state index is -0.677. The zero-order valence-electron chi connectivity index (χ0n) is 16.7. The molecule has 0 aromatic carbocycles. The summed E-state index contributed by atoms with van der Waals surface area (Å²) in [5, 5.41) is 9.32. The van der Waals surface area contributed by atoms with Gasteiger partial charge < -0.3 is 9.84 Å². The van der Waals surface area contributed by atoms with Crippen molar-refractivity contribution in [2.75, 3.05) is 6.61 Å². The molecule has 7 aliphatic rings. The number of allylic oxidation sites excluding steroid dienone is 1. The second kappa shape index (κ2) is 4.77. The van der Waals surface area contributed by atoms with Crippen LogP contribution in [0.4, 0.5) is 0 Å². The van der Waals surface area contributed by atoms with Gasteiger partial charge in [0.15, 0.2) is 5.78 Å². The summed E-state index contributed by atoms with van der Waals surface area (Å²) in [6.07, 6.45) is 9.85. The molecule has 1 N–H and O–H groups in total. The quantitative estimate of drug-likeness (QED) is 0.805. The standard InChI is InChI=1S/C24H30O4/c1-22-5-2-12(25)8-17(22)13-9-14(13)20-16(22)3-6-23-11-28-24(23,7-4-19(26)27)18-10-15(18)21(20)23/h8,13-16,18,20-21H,2-7,9-11H2,1H3,(H,26,27)/t13?,14-,15+,16?,18-,20?,21?,22+,23+,24-/m0/s1. The monoisotopic (exact) mass is 382 g/mol. The number of ether oxygens (including phenoxy) is 1. The molecular weight excluding hydrogens is 352 g/mol. The minimum Gasteiger partial charge on any atom is -0.481 e. The summed E-state index contributed by atoms with van der Waals surface area (Å²) in [4.78, 5) is 23.5. The summed E-state index contributed by atoms with van der Waals surface area (Å²) in [6.45, 7) is 3.35. The van der Waals surface area contributed by atoms with Crippen molar-refractivity contribution < 1.29 is 19.4 Å². The molecule has 4 heteroatoms. The molecule has 1 spiro atoms. The van der Waals surface area contributed by atoms with Crippen molar-refractivity contribution in [3.63, 3.8) is 0 Å². The molecule has 7 rings (SSSR count). The van der Waals surface area contributed by atoms with E-state index in [4.69, 9.17) is 4.74 Å². The van der Waals surface area contributed by atoms with E-state index in [2.05, 4.69) is 6.92 Å². The van der Waals surface area contributed by atoms with E-state index in [0.717, 1.165) is 55.5 Å². The summed E-state index contributed by atoms with van der Waals surface area (Å²) in [6, 6.07) is 0. The first-order valence-electron chi connectivity index (χ1n) is 11.5. The lowest BCUT2D eigenvalue weighted by atomic mass is 9.43. The van der Waals surface area contributed by atoms with Gasteiger partial charge in [-0.15, -0.1) is 0 Å². The van der Waals surface area contributed by atoms with Gasteiger partial charge in [0.05, 0.1) is 12.2 Å². The van der Waals surface area contributed by atoms with Crippen molar-refractivity contribution in [3.8, 4) is 0 Å². The number of hydrogen-bond acceptors (Lipinski definition) is 3. The molecule has 150 valence electrons. The maximum absolute atomic E-state index is 12.2. The second-order valence-electron chi connectivity index (χ2n) is 11.5. The van der Waals surface area contributed by atoms with Gasteiger partial charge in [-0.2, -0.15) is 0 Å². The fourth-order valence-electron chi connectivity index (χ4n) is 9.79. The molecule has 1 aliphatic heterocycles. The average Bonchev–Trinajstić information content (AvgIpc) is 3.55. The molecule has 6 fully saturated rings. The van der Waals surface area contributed by atoms with Crippen molar-refractivity contribution in [1.29, 1.82) is 0 Å². The van der Waals surface area contributed by atoms with E-state index < -0.39 is 5.97 Å². The molecule has 0 radical (unpaired) electrons. The molecular formula is C24H30O4. The van der Waals surface area contributed by atoms with Crippen molar-refractivity contribution >= 4 is 11.8 Å². The van der Waals surface area contributed by atoms with Gasteiger partial charge in [-0.05, 0) is 91.4 Å². The lowest BCUT2D eigenvalue weighted by Gasteiger charge is -2.66. The van der Waals surface area contributed by atoms with E-state index in [0.29, 0.717) is 17.6 Å². The fourth-order valence-corrected chi connectivity index (χ4v) is 9.79. The van der Waals surface area contributed by atoms with Crippen LogP contribution < -0.4 is 0 Å². The maximum Gasteiger partial charge on any atom is 0.303 e. The predicted octanol–water partition coefficient (Wildman–Crippen LogP) is 3.84. The minimum absolute atomic E-state index is 0.115. The number of ketones is 1. The third kappa shape index (κ3) is 1.64. The first kappa shape index (κ1) is 16.6. The van der Waals surface area contributed by atoms with Crippen LogP contribution in [0.1, 0.15) is 58.3 Å². The fraction of sp³-hybridized carbons (Fsp3) is 0.833. The van der Waals surface area contributed by atoms with Gasteiger partial charge in [-0.1, -0.05) is 12.5 Å². The number of aliphatic carboxylic acids is 1. The highest BCUT2D eigenvalue weighted by Crippen LogP contribution is 2.84. The second-order valence-corrected chi connectivity index (χ2v) is 11.5. The van der Waals surface area contributed by atoms with Crippen molar-refractivity contribution in [2.24, 2.45) is 52.3 Å². The zero-order chi connectivity index (χ0) is 19.1. The molecule has 1 heterocycles. The Bertz CT molecular complexity index is 846. The molecule has 4 nitrogen and oxygen atoms in total. The van der Waals surface area contributed by atoms with Crippen molar-refractivity contribution in [2.45, 2.75) is 63.9 Å². The van der Waals surface area contributed by atoms with Gasteiger partial charge in [-0.25, -0.2) is 0 Å². The molecule has 10 atom stereocenters. The highest BCUT2D eigenvalue weighted by molar-refractivity contribution is 5.92. The highest BCUT2D eigenvalue weighted by Gasteiger charge is 2.84. The van der Waals surface area contributed by atoms with Crippen LogP contribution in [-0.2, 0) is 14.3 Å². The van der Waals surface area contributed by atoms with Gasteiger partial charge in [-0.3, -0.25) is 9.59 Å². The summed E-state index contributed by atoms with van der Waals surface area (Å²) < 4.78 is 6.36. The average molecular weight is 383 g/mol. The van der Waals surface area contributed by atoms with Crippen LogP contribution in [0.2, 0.25) is 0 Å². The number of rotatable bonds is 3. The number of carboxylic acid groups (broad SMARTS) is 1. The molecule has 0 bridgehead atoms. The summed E-state index contributed by atoms with van der Waals surface area (Å²) in [7, 11) is 0. The van der Waals surface area contributed by atoms with Crippen LogP contribution in [0.5, 0.6) is 0 Å². The Kier molecular flexibility index (Phi) is 2.83. The van der Waals surface area contributed by atoms with E-state index in [9.17, 15) is 14.7 Å². The molecule has 0 aromatic rings. The zero-order valence-corrected chi connectivity index (χ0v) is 16.7. The molecule has 28 heavy (non-hydrogen) atoms. The van der Waals surface area contributed by atoms with Crippen molar-refractivity contribution in [1.82, 2.24) is 0 Å². The van der Waals surface area contributed by atoms with Gasteiger partial charge >= 0.3 is 5.97 Å². The maximum atomic E-state index is 12.2. The Hall–Kier alpha value is -1.16. The lowest BCUT2D eigenvalue weighted by Crippen LogP contribution is -2.68. The largest absolute Gasteiger partial charge is 0.481 e. The van der Waals surface area contributed by atoms with E-state index in [1.54, 1.807) is 0 Å². The number of hydrogen-bond donors (Lipinski definition) is 1. The topological polar surface area (TPSA) is 63.6 Å². The van der Waals surface area contributed by atoms with Gasteiger partial charge in [0.2, 0.25) is 0 Å². The van der Waals surface area contributed by atoms with Gasteiger partial charge in [0, 0.05) is 18.3 Å². The Morgan fingerprint density at radius 1 is 1.25 bits per heavy atom. The smallest absolute Gasteiger partial charge is 0.303 e. The number of fused-ring (bicyclic) bond motifs is 10. The Labute approximate surface area is 166 Å². The van der Waals surface area contributed by atoms with Gasteiger partial charge in [0.1, 0.15) is 0 Å². The molecule has 5 saturated carbocycles.